The first-order chi connectivity index (χ1) is 18.0. The molecule has 0 aliphatic carbocycles. The lowest BCUT2D eigenvalue weighted by molar-refractivity contribution is 0.187. The highest BCUT2D eigenvalue weighted by Crippen LogP contribution is 2.31. The van der Waals surface area contributed by atoms with Gasteiger partial charge in [-0.25, -0.2) is 32.2 Å². The summed E-state index contributed by atoms with van der Waals surface area (Å²) in [5, 5.41) is 20.9. The zero-order valence-corrected chi connectivity index (χ0v) is 23.1. The number of hydrogen-bond acceptors (Lipinski definition) is 8. The van der Waals surface area contributed by atoms with Crippen molar-refractivity contribution in [3.63, 3.8) is 0 Å². The van der Waals surface area contributed by atoms with Crippen LogP contribution in [0.3, 0.4) is 0 Å². The molecule has 1 saturated heterocycles. The van der Waals surface area contributed by atoms with E-state index in [4.69, 9.17) is 18.2 Å². The second kappa shape index (κ2) is 11.3. The third kappa shape index (κ3) is 6.67. The van der Waals surface area contributed by atoms with Crippen molar-refractivity contribution in [3.05, 3.63) is 58.8 Å². The average molecular weight is 559 g/mol. The normalized spacial score (nSPS) is 15.4. The standard InChI is InChI=1S/C25H31ClN8O3S/c1-25(2,16-35)29-12-17-5-6-22(20(26)11-17)34-15-18(13-30-34)23-21(27-3)14-28-24(32-23)31-19-7-9-33(10-8-19)38(4,36)37/h5-6,11,13-15,19,29,35H,7-10,12,16H2,1-2,4H3,(H,28,31,32). The average Bonchev–Trinajstić information content (AvgIpc) is 3.37. The predicted molar refractivity (Wildman–Crippen MR) is 147 cm³/mol. The van der Waals surface area contributed by atoms with Gasteiger partial charge in [0.25, 0.3) is 0 Å². The highest BCUT2D eigenvalue weighted by Gasteiger charge is 2.25. The Bertz CT molecular complexity index is 1440. The number of halogens is 1. The minimum absolute atomic E-state index is 0.0180. The Kier molecular flexibility index (Phi) is 8.34. The molecule has 4 rings (SSSR count). The molecule has 0 radical (unpaired) electrons. The summed E-state index contributed by atoms with van der Waals surface area (Å²) in [5.74, 6) is 0.374. The first-order valence-electron chi connectivity index (χ1n) is 12.1. The fourth-order valence-corrected chi connectivity index (χ4v) is 5.24. The van der Waals surface area contributed by atoms with Gasteiger partial charge in [-0.2, -0.15) is 5.10 Å². The number of nitrogens with one attached hydrogen (secondary N) is 2. The van der Waals surface area contributed by atoms with Crippen LogP contribution >= 0.6 is 11.6 Å². The van der Waals surface area contributed by atoms with E-state index in [9.17, 15) is 13.5 Å². The number of hydrogen-bond donors (Lipinski definition) is 3. The van der Waals surface area contributed by atoms with Crippen molar-refractivity contribution < 1.29 is 13.5 Å². The molecule has 1 aliphatic rings. The molecule has 202 valence electrons. The van der Waals surface area contributed by atoms with E-state index >= 15 is 0 Å². The number of sulfonamides is 1. The lowest BCUT2D eigenvalue weighted by atomic mass is 10.1. The number of piperidine rings is 1. The van der Waals surface area contributed by atoms with Gasteiger partial charge in [-0.1, -0.05) is 17.7 Å². The lowest BCUT2D eigenvalue weighted by Crippen LogP contribution is -2.42. The highest BCUT2D eigenvalue weighted by atomic mass is 35.5. The molecular weight excluding hydrogens is 528 g/mol. The van der Waals surface area contributed by atoms with E-state index in [2.05, 4.69) is 30.5 Å². The maximum Gasteiger partial charge on any atom is 0.231 e. The van der Waals surface area contributed by atoms with Gasteiger partial charge in [-0.3, -0.25) is 0 Å². The SMILES string of the molecule is [C-]#[N+]c1cnc(NC2CCN(S(C)(=O)=O)CC2)nc1-c1cnn(-c2ccc(CNC(C)(C)CO)cc2Cl)c1. The Hall–Kier alpha value is -3.08. The highest BCUT2D eigenvalue weighted by molar-refractivity contribution is 7.88. The van der Waals surface area contributed by atoms with Crippen LogP contribution in [0.5, 0.6) is 0 Å². The van der Waals surface area contributed by atoms with Gasteiger partial charge in [0, 0.05) is 49.2 Å². The maximum absolute atomic E-state index is 11.8. The lowest BCUT2D eigenvalue weighted by Gasteiger charge is -2.30. The quantitative estimate of drug-likeness (QED) is 0.341. The fraction of sp³-hybridized carbons (Fsp3) is 0.440. The fourth-order valence-electron chi connectivity index (χ4n) is 4.07. The maximum atomic E-state index is 11.8. The van der Waals surface area contributed by atoms with E-state index in [1.165, 1.54) is 16.8 Å². The second-order valence-corrected chi connectivity index (χ2v) is 12.4. The van der Waals surface area contributed by atoms with Gasteiger partial charge in [0.2, 0.25) is 21.7 Å². The summed E-state index contributed by atoms with van der Waals surface area (Å²) in [6.07, 6.45) is 7.35. The molecule has 3 N–H and O–H groups in total. The molecule has 2 aromatic heterocycles. The molecule has 0 spiro atoms. The number of aliphatic hydroxyl groups is 1. The minimum atomic E-state index is -3.20. The van der Waals surface area contributed by atoms with Crippen molar-refractivity contribution in [2.75, 3.05) is 31.3 Å². The van der Waals surface area contributed by atoms with Crippen molar-refractivity contribution in [2.45, 2.75) is 44.8 Å². The Morgan fingerprint density at radius 2 is 2.00 bits per heavy atom. The van der Waals surface area contributed by atoms with E-state index < -0.39 is 15.6 Å². The minimum Gasteiger partial charge on any atom is -0.394 e. The van der Waals surface area contributed by atoms with Crippen molar-refractivity contribution in [2.24, 2.45) is 0 Å². The number of rotatable bonds is 9. The molecule has 0 saturated carbocycles. The summed E-state index contributed by atoms with van der Waals surface area (Å²) in [4.78, 5) is 12.4. The topological polar surface area (TPSA) is 130 Å². The summed E-state index contributed by atoms with van der Waals surface area (Å²) in [5.41, 5.74) is 2.62. The molecule has 0 unspecified atom stereocenters. The van der Waals surface area contributed by atoms with E-state index in [0.717, 1.165) is 5.56 Å². The van der Waals surface area contributed by atoms with Crippen LogP contribution in [0.15, 0.2) is 36.8 Å². The molecule has 1 aliphatic heterocycles. The molecule has 13 heteroatoms. The van der Waals surface area contributed by atoms with E-state index in [1.807, 2.05) is 32.0 Å². The van der Waals surface area contributed by atoms with Crippen LogP contribution in [0.2, 0.25) is 5.02 Å². The number of aromatic nitrogens is 4. The summed E-state index contributed by atoms with van der Waals surface area (Å²) in [7, 11) is -3.20. The summed E-state index contributed by atoms with van der Waals surface area (Å²) >= 11 is 6.57. The molecule has 3 heterocycles. The van der Waals surface area contributed by atoms with Crippen LogP contribution in [0.25, 0.3) is 21.8 Å². The molecule has 1 aromatic carbocycles. The first-order valence-corrected chi connectivity index (χ1v) is 14.4. The largest absolute Gasteiger partial charge is 0.394 e. The molecule has 0 atom stereocenters. The Morgan fingerprint density at radius 1 is 1.26 bits per heavy atom. The van der Waals surface area contributed by atoms with Crippen LogP contribution in [0, 0.1) is 6.57 Å². The van der Waals surface area contributed by atoms with E-state index in [-0.39, 0.29) is 12.6 Å². The molecule has 0 bridgehead atoms. The van der Waals surface area contributed by atoms with E-state index in [0.29, 0.717) is 66.1 Å². The van der Waals surface area contributed by atoms with Gasteiger partial charge in [-0.15, -0.1) is 0 Å². The number of aliphatic hydroxyl groups excluding tert-OH is 1. The molecule has 1 fully saturated rings. The zero-order chi connectivity index (χ0) is 27.5. The van der Waals surface area contributed by atoms with Crippen LogP contribution in [0.4, 0.5) is 11.6 Å². The molecule has 38 heavy (non-hydrogen) atoms. The van der Waals surface area contributed by atoms with Crippen LogP contribution < -0.4 is 10.6 Å². The van der Waals surface area contributed by atoms with Crippen molar-refractivity contribution in [1.82, 2.24) is 29.4 Å². The monoisotopic (exact) mass is 558 g/mol. The summed E-state index contributed by atoms with van der Waals surface area (Å²) in [6.45, 7) is 12.8. The Morgan fingerprint density at radius 3 is 2.63 bits per heavy atom. The van der Waals surface area contributed by atoms with Gasteiger partial charge in [-0.05, 0) is 44.4 Å². The van der Waals surface area contributed by atoms with E-state index in [1.54, 1.807) is 17.1 Å². The Balaban J connectivity index is 1.50. The van der Waals surface area contributed by atoms with Crippen LogP contribution in [0.1, 0.15) is 32.3 Å². The van der Waals surface area contributed by atoms with Gasteiger partial charge in [0.1, 0.15) is 0 Å². The summed E-state index contributed by atoms with van der Waals surface area (Å²) in [6, 6.07) is 5.69. The van der Waals surface area contributed by atoms with Crippen molar-refractivity contribution in [3.8, 4) is 16.9 Å². The predicted octanol–water partition coefficient (Wildman–Crippen LogP) is 3.23. The number of benzene rings is 1. The van der Waals surface area contributed by atoms with Gasteiger partial charge in [0.15, 0.2) is 0 Å². The molecular formula is C25H31ClN8O3S. The van der Waals surface area contributed by atoms with Gasteiger partial charge < -0.3 is 15.7 Å². The Labute approximate surface area is 227 Å². The molecule has 3 aromatic rings. The number of nitrogens with zero attached hydrogens (tertiary/aromatic N) is 6. The first kappa shape index (κ1) is 27.9. The second-order valence-electron chi connectivity index (χ2n) is 9.97. The van der Waals surface area contributed by atoms with Crippen molar-refractivity contribution in [1.29, 1.82) is 0 Å². The van der Waals surface area contributed by atoms with Gasteiger partial charge in [0.05, 0.1) is 42.0 Å². The summed E-state index contributed by atoms with van der Waals surface area (Å²) < 4.78 is 26.6. The van der Waals surface area contributed by atoms with Crippen LogP contribution in [-0.2, 0) is 16.6 Å². The molecule has 0 amide bonds. The molecule has 11 nitrogen and oxygen atoms in total. The third-order valence-corrected chi connectivity index (χ3v) is 8.03. The van der Waals surface area contributed by atoms with Gasteiger partial charge >= 0.3 is 0 Å². The number of anilines is 1. The smallest absolute Gasteiger partial charge is 0.231 e. The van der Waals surface area contributed by atoms with Crippen LogP contribution in [-0.4, -0.2) is 75.1 Å². The zero-order valence-electron chi connectivity index (χ0n) is 21.5. The third-order valence-electron chi connectivity index (χ3n) is 6.43. The van der Waals surface area contributed by atoms with Crippen molar-refractivity contribution >= 4 is 33.3 Å².